The van der Waals surface area contributed by atoms with Gasteiger partial charge in [0.2, 0.25) is 0 Å². The van der Waals surface area contributed by atoms with Gasteiger partial charge in [-0.3, -0.25) is 9.69 Å². The van der Waals surface area contributed by atoms with Gasteiger partial charge in [-0.25, -0.2) is 13.4 Å². The number of ether oxygens (including phenoxy) is 1. The Balaban J connectivity index is 1.59. The molecule has 3 aromatic carbocycles. The van der Waals surface area contributed by atoms with Crippen molar-refractivity contribution < 1.29 is 17.9 Å². The van der Waals surface area contributed by atoms with Crippen LogP contribution in [0.3, 0.4) is 0 Å². The molecule has 0 saturated heterocycles. The van der Waals surface area contributed by atoms with Gasteiger partial charge >= 0.3 is 0 Å². The number of anilines is 1. The summed E-state index contributed by atoms with van der Waals surface area (Å²) in [5.74, 6) is 0.868. The van der Waals surface area contributed by atoms with Crippen molar-refractivity contribution in [2.24, 2.45) is 0 Å². The number of hydrogen-bond acceptors (Lipinski definition) is 5. The maximum absolute atomic E-state index is 14.0. The highest BCUT2D eigenvalue weighted by atomic mass is 32.2. The first-order valence-corrected chi connectivity index (χ1v) is 13.0. The highest BCUT2D eigenvalue weighted by molar-refractivity contribution is 7.90. The molecule has 0 aliphatic carbocycles. The van der Waals surface area contributed by atoms with Gasteiger partial charge in [0.1, 0.15) is 11.6 Å². The highest BCUT2D eigenvalue weighted by Gasteiger charge is 2.36. The molecular weight excluding hydrogens is 448 g/mol. The van der Waals surface area contributed by atoms with Gasteiger partial charge in [-0.2, -0.15) is 0 Å². The molecule has 172 valence electrons. The standard InChI is InChI=1S/C27H24N2O4S/c1-3-33-24-15-12-18-7-4-5-8-21(18)25(24)27(30)29-17-23(22-9-6-16-28-26(22)29)19-10-13-20(14-11-19)34(2,31)32/h4-16,23H,3,17H2,1-2H3. The Hall–Kier alpha value is -3.71. The molecule has 7 heteroatoms. The smallest absolute Gasteiger partial charge is 0.263 e. The Kier molecular flexibility index (Phi) is 5.57. The van der Waals surface area contributed by atoms with Crippen LogP contribution in [0.25, 0.3) is 10.8 Å². The lowest BCUT2D eigenvalue weighted by molar-refractivity contribution is 0.0986. The minimum atomic E-state index is -3.29. The number of nitrogens with zero attached hydrogens (tertiary/aromatic N) is 2. The largest absolute Gasteiger partial charge is 0.493 e. The second-order valence-electron chi connectivity index (χ2n) is 8.32. The van der Waals surface area contributed by atoms with E-state index in [0.29, 0.717) is 30.3 Å². The third-order valence-electron chi connectivity index (χ3n) is 6.17. The van der Waals surface area contributed by atoms with Crippen molar-refractivity contribution in [2.75, 3.05) is 24.3 Å². The zero-order chi connectivity index (χ0) is 23.9. The molecule has 0 radical (unpaired) electrons. The second kappa shape index (κ2) is 8.57. The number of benzene rings is 3. The van der Waals surface area contributed by atoms with Gasteiger partial charge in [-0.1, -0.05) is 48.5 Å². The molecule has 2 heterocycles. The SMILES string of the molecule is CCOc1ccc2ccccc2c1C(=O)N1CC(c2ccc(S(C)(=O)=O)cc2)c2cccnc21. The third-order valence-corrected chi connectivity index (χ3v) is 7.30. The van der Waals surface area contributed by atoms with Crippen LogP contribution in [-0.4, -0.2) is 38.7 Å². The minimum absolute atomic E-state index is 0.119. The van der Waals surface area contributed by atoms with E-state index in [1.807, 2.05) is 67.6 Å². The first kappa shape index (κ1) is 22.1. The molecule has 0 spiro atoms. The summed E-state index contributed by atoms with van der Waals surface area (Å²) in [4.78, 5) is 20.5. The van der Waals surface area contributed by atoms with E-state index in [9.17, 15) is 13.2 Å². The molecule has 1 aliphatic rings. The van der Waals surface area contributed by atoms with Crippen molar-refractivity contribution >= 4 is 32.3 Å². The van der Waals surface area contributed by atoms with Crippen LogP contribution in [0, 0.1) is 0 Å². The number of pyridine rings is 1. The predicted molar refractivity (Wildman–Crippen MR) is 132 cm³/mol. The first-order valence-electron chi connectivity index (χ1n) is 11.1. The molecule has 6 nitrogen and oxygen atoms in total. The molecule has 1 amide bonds. The van der Waals surface area contributed by atoms with Crippen LogP contribution >= 0.6 is 0 Å². The first-order chi connectivity index (χ1) is 16.4. The van der Waals surface area contributed by atoms with Crippen LogP contribution in [0.1, 0.15) is 34.3 Å². The number of amides is 1. The zero-order valence-electron chi connectivity index (χ0n) is 18.9. The average molecular weight is 473 g/mol. The fourth-order valence-electron chi connectivity index (χ4n) is 4.57. The lowest BCUT2D eigenvalue weighted by Gasteiger charge is -2.20. The molecule has 0 bridgehead atoms. The summed E-state index contributed by atoms with van der Waals surface area (Å²) in [7, 11) is -3.29. The summed E-state index contributed by atoms with van der Waals surface area (Å²) in [6.45, 7) is 2.74. The number of rotatable bonds is 5. The summed E-state index contributed by atoms with van der Waals surface area (Å²) >= 11 is 0. The minimum Gasteiger partial charge on any atom is -0.493 e. The van der Waals surface area contributed by atoms with Crippen molar-refractivity contribution in [3.63, 3.8) is 0 Å². The highest BCUT2D eigenvalue weighted by Crippen LogP contribution is 2.41. The molecule has 1 unspecified atom stereocenters. The number of aromatic nitrogens is 1. The van der Waals surface area contributed by atoms with Gasteiger partial charge in [-0.05, 0) is 47.5 Å². The Morgan fingerprint density at radius 3 is 2.53 bits per heavy atom. The molecule has 0 N–H and O–H groups in total. The van der Waals surface area contributed by atoms with Crippen molar-refractivity contribution in [1.29, 1.82) is 0 Å². The molecule has 0 saturated carbocycles. The number of carbonyl (C=O) groups is 1. The summed E-state index contributed by atoms with van der Waals surface area (Å²) in [6.07, 6.45) is 2.87. The summed E-state index contributed by atoms with van der Waals surface area (Å²) in [6, 6.07) is 22.3. The van der Waals surface area contributed by atoms with Gasteiger partial charge in [0.05, 0.1) is 17.1 Å². The molecule has 1 atom stereocenters. The van der Waals surface area contributed by atoms with E-state index in [1.54, 1.807) is 23.2 Å². The van der Waals surface area contributed by atoms with E-state index in [2.05, 4.69) is 4.98 Å². The summed E-state index contributed by atoms with van der Waals surface area (Å²) in [5.41, 5.74) is 2.38. The van der Waals surface area contributed by atoms with E-state index in [0.717, 1.165) is 21.9 Å². The van der Waals surface area contributed by atoms with Crippen LogP contribution in [0.5, 0.6) is 5.75 Å². The number of fused-ring (bicyclic) bond motifs is 2. The van der Waals surface area contributed by atoms with E-state index >= 15 is 0 Å². The van der Waals surface area contributed by atoms with Crippen molar-refractivity contribution in [1.82, 2.24) is 4.98 Å². The topological polar surface area (TPSA) is 76.6 Å². The third kappa shape index (κ3) is 3.82. The monoisotopic (exact) mass is 472 g/mol. The quantitative estimate of drug-likeness (QED) is 0.416. The second-order valence-corrected chi connectivity index (χ2v) is 10.3. The van der Waals surface area contributed by atoms with E-state index in [4.69, 9.17) is 4.74 Å². The summed E-state index contributed by atoms with van der Waals surface area (Å²) < 4.78 is 29.6. The maximum atomic E-state index is 14.0. The molecule has 1 aromatic heterocycles. The van der Waals surface area contributed by atoms with Gasteiger partial charge < -0.3 is 4.74 Å². The normalized spacial score (nSPS) is 15.4. The molecule has 34 heavy (non-hydrogen) atoms. The van der Waals surface area contributed by atoms with Gasteiger partial charge in [0, 0.05) is 30.5 Å². The van der Waals surface area contributed by atoms with Crippen LogP contribution in [0.2, 0.25) is 0 Å². The fourth-order valence-corrected chi connectivity index (χ4v) is 5.20. The predicted octanol–water partition coefficient (Wildman–Crippen LogP) is 4.83. The van der Waals surface area contributed by atoms with Crippen molar-refractivity contribution in [3.05, 3.63) is 95.7 Å². The van der Waals surface area contributed by atoms with Crippen LogP contribution in [-0.2, 0) is 9.84 Å². The molecule has 5 rings (SSSR count). The Morgan fingerprint density at radius 2 is 1.79 bits per heavy atom. The number of carbonyl (C=O) groups excluding carboxylic acids is 1. The Morgan fingerprint density at radius 1 is 1.03 bits per heavy atom. The van der Waals surface area contributed by atoms with Crippen LogP contribution in [0.4, 0.5) is 5.82 Å². The van der Waals surface area contributed by atoms with Gasteiger partial charge in [0.25, 0.3) is 5.91 Å². The zero-order valence-corrected chi connectivity index (χ0v) is 19.7. The summed E-state index contributed by atoms with van der Waals surface area (Å²) in [5, 5.41) is 1.79. The number of hydrogen-bond donors (Lipinski definition) is 0. The van der Waals surface area contributed by atoms with Crippen molar-refractivity contribution in [2.45, 2.75) is 17.7 Å². The number of sulfone groups is 1. The molecule has 4 aromatic rings. The van der Waals surface area contributed by atoms with Crippen LogP contribution < -0.4 is 9.64 Å². The van der Waals surface area contributed by atoms with E-state index < -0.39 is 9.84 Å². The fraction of sp³-hybridized carbons (Fsp3) is 0.185. The van der Waals surface area contributed by atoms with Gasteiger partial charge in [-0.15, -0.1) is 0 Å². The molecular formula is C27H24N2O4S. The lowest BCUT2D eigenvalue weighted by atomic mass is 9.94. The lowest BCUT2D eigenvalue weighted by Crippen LogP contribution is -2.31. The average Bonchev–Trinajstić information content (AvgIpc) is 3.23. The maximum Gasteiger partial charge on any atom is 0.263 e. The van der Waals surface area contributed by atoms with E-state index in [-0.39, 0.29) is 16.7 Å². The van der Waals surface area contributed by atoms with Crippen molar-refractivity contribution in [3.8, 4) is 5.75 Å². The molecule has 1 aliphatic heterocycles. The van der Waals surface area contributed by atoms with Crippen LogP contribution in [0.15, 0.2) is 83.9 Å². The van der Waals surface area contributed by atoms with E-state index in [1.165, 1.54) is 6.26 Å². The Bertz CT molecular complexity index is 1500. The Labute approximate surface area is 198 Å². The molecule has 0 fully saturated rings. The van der Waals surface area contributed by atoms with Gasteiger partial charge in [0.15, 0.2) is 9.84 Å².